The zero-order chi connectivity index (χ0) is 34.7. The molecule has 0 radical (unpaired) electrons. The maximum atomic E-state index is 2.46. The molecule has 1 aliphatic rings. The van der Waals surface area contributed by atoms with E-state index >= 15 is 0 Å². The average Bonchev–Trinajstić information content (AvgIpc) is 3.21. The van der Waals surface area contributed by atoms with Gasteiger partial charge in [-0.15, -0.1) is 0 Å². The molecular weight excluding hydrogens is 625 g/mol. The molecule has 248 valence electrons. The van der Waals surface area contributed by atoms with Crippen LogP contribution in [-0.4, -0.2) is 0 Å². The number of rotatable bonds is 4. The van der Waals surface area contributed by atoms with Gasteiger partial charge in [0.2, 0.25) is 0 Å². The van der Waals surface area contributed by atoms with Gasteiger partial charge in [0.1, 0.15) is 0 Å². The Morgan fingerprint density at radius 2 is 0.308 bits per heavy atom. The minimum atomic E-state index is 0.0713. The number of hydrogen-bond acceptors (Lipinski definition) is 0. The molecule has 0 heteroatoms. The highest BCUT2D eigenvalue weighted by atomic mass is 14.3. The number of benzene rings is 8. The first-order valence-corrected chi connectivity index (χ1v) is 18.4. The predicted octanol–water partition coefficient (Wildman–Crippen LogP) is 12.7. The normalized spacial score (nSPS) is 18.0. The van der Waals surface area contributed by atoms with Crippen LogP contribution in [-0.2, 0) is 0 Å². The van der Waals surface area contributed by atoms with E-state index in [0.717, 1.165) is 0 Å². The van der Waals surface area contributed by atoms with E-state index in [2.05, 4.69) is 218 Å². The summed E-state index contributed by atoms with van der Waals surface area (Å²) < 4.78 is 0. The van der Waals surface area contributed by atoms with Gasteiger partial charge in [0.05, 0.1) is 0 Å². The van der Waals surface area contributed by atoms with Crippen molar-refractivity contribution in [1.29, 1.82) is 0 Å². The zero-order valence-corrected chi connectivity index (χ0v) is 29.1. The standard InChI is InChI=1S/C52H40/c1-5-17-37(18-6-1)49-41-25-13-27-43(33-41)50(38-19-7-2-8-20-38)45-29-15-31-47(35-45)52(40-23-11-4-12-24-40)48-32-16-30-46(36-48)51(39-21-9-3-10-22-39)44-28-14-26-42(49)34-44/h1-36,49-52H. The molecule has 8 bridgehead atoms. The van der Waals surface area contributed by atoms with E-state index in [9.17, 15) is 0 Å². The Balaban J connectivity index is 1.36. The second-order valence-corrected chi connectivity index (χ2v) is 14.1. The summed E-state index contributed by atoms with van der Waals surface area (Å²) in [7, 11) is 0. The third-order valence-corrected chi connectivity index (χ3v) is 10.8. The molecule has 0 amide bonds. The van der Waals surface area contributed by atoms with E-state index in [1.165, 1.54) is 66.8 Å². The summed E-state index contributed by atoms with van der Waals surface area (Å²) in [6.07, 6.45) is 0. The first kappa shape index (κ1) is 31.7. The smallest absolute Gasteiger partial charge is 0.0340 e. The van der Waals surface area contributed by atoms with Crippen molar-refractivity contribution < 1.29 is 0 Å². The molecule has 8 aromatic carbocycles. The van der Waals surface area contributed by atoms with Crippen molar-refractivity contribution >= 4 is 0 Å². The third-order valence-electron chi connectivity index (χ3n) is 10.8. The van der Waals surface area contributed by atoms with E-state index in [1.807, 2.05) is 0 Å². The molecule has 0 unspecified atom stereocenters. The Kier molecular flexibility index (Phi) is 8.65. The first-order valence-electron chi connectivity index (χ1n) is 18.4. The largest absolute Gasteiger partial charge is 0.0622 e. The van der Waals surface area contributed by atoms with E-state index in [0.29, 0.717) is 0 Å². The summed E-state index contributed by atoms with van der Waals surface area (Å²) in [4.78, 5) is 0. The van der Waals surface area contributed by atoms with Gasteiger partial charge in [-0.1, -0.05) is 218 Å². The maximum absolute atomic E-state index is 2.46. The second kappa shape index (κ2) is 14.2. The molecule has 52 heavy (non-hydrogen) atoms. The number of hydrogen-bond donors (Lipinski definition) is 0. The summed E-state index contributed by atoms with van der Waals surface area (Å²) in [6, 6.07) is 81.5. The van der Waals surface area contributed by atoms with Crippen molar-refractivity contribution in [3.05, 3.63) is 285 Å². The van der Waals surface area contributed by atoms with Crippen LogP contribution in [0.1, 0.15) is 90.4 Å². The lowest BCUT2D eigenvalue weighted by atomic mass is 9.76. The van der Waals surface area contributed by atoms with Gasteiger partial charge in [-0.05, 0) is 66.8 Å². The molecule has 0 atom stereocenters. The Labute approximate surface area is 307 Å². The van der Waals surface area contributed by atoms with Crippen LogP contribution < -0.4 is 0 Å². The Morgan fingerprint density at radius 3 is 0.481 bits per heavy atom. The molecule has 0 saturated carbocycles. The summed E-state index contributed by atoms with van der Waals surface area (Å²) in [5.41, 5.74) is 15.5. The van der Waals surface area contributed by atoms with E-state index in [1.54, 1.807) is 0 Å². The Morgan fingerprint density at radius 1 is 0.154 bits per heavy atom. The molecule has 0 N–H and O–H groups in total. The van der Waals surface area contributed by atoms with Crippen molar-refractivity contribution in [3.8, 4) is 0 Å². The fourth-order valence-corrected chi connectivity index (χ4v) is 8.56. The molecule has 0 nitrogen and oxygen atoms in total. The van der Waals surface area contributed by atoms with Gasteiger partial charge in [0.25, 0.3) is 0 Å². The van der Waals surface area contributed by atoms with E-state index in [-0.39, 0.29) is 23.7 Å². The SMILES string of the molecule is c1ccc(C2c3cccc(c3)C(c3ccccc3)c3cccc(c3)C(c3ccccc3)c3cccc(c3)C(c3ccccc3)c3cccc2c3)cc1. The minimum Gasteiger partial charge on any atom is -0.0622 e. The molecule has 9 rings (SSSR count). The summed E-state index contributed by atoms with van der Waals surface area (Å²) in [6.45, 7) is 0. The van der Waals surface area contributed by atoms with Crippen molar-refractivity contribution in [2.75, 3.05) is 0 Å². The summed E-state index contributed by atoms with van der Waals surface area (Å²) >= 11 is 0. The van der Waals surface area contributed by atoms with Gasteiger partial charge >= 0.3 is 0 Å². The molecular formula is C52H40. The lowest BCUT2D eigenvalue weighted by Gasteiger charge is -2.27. The topological polar surface area (TPSA) is 0 Å². The fourth-order valence-electron chi connectivity index (χ4n) is 8.56. The van der Waals surface area contributed by atoms with Gasteiger partial charge in [0, 0.05) is 23.7 Å². The Hall–Kier alpha value is -6.24. The lowest BCUT2D eigenvalue weighted by Crippen LogP contribution is -2.11. The molecule has 0 fully saturated rings. The average molecular weight is 665 g/mol. The van der Waals surface area contributed by atoms with Gasteiger partial charge in [-0.2, -0.15) is 0 Å². The zero-order valence-electron chi connectivity index (χ0n) is 29.1. The van der Waals surface area contributed by atoms with Crippen LogP contribution in [0.25, 0.3) is 0 Å². The molecule has 0 heterocycles. The molecule has 1 aliphatic carbocycles. The third kappa shape index (κ3) is 6.18. The highest BCUT2D eigenvalue weighted by Gasteiger charge is 2.26. The molecule has 0 spiro atoms. The van der Waals surface area contributed by atoms with E-state index < -0.39 is 0 Å². The molecule has 8 aromatic rings. The van der Waals surface area contributed by atoms with Crippen LogP contribution in [0.3, 0.4) is 0 Å². The highest BCUT2D eigenvalue weighted by Crippen LogP contribution is 2.42. The minimum absolute atomic E-state index is 0.0713. The highest BCUT2D eigenvalue weighted by molar-refractivity contribution is 5.55. The molecule has 0 saturated heterocycles. The molecule has 0 aliphatic heterocycles. The van der Waals surface area contributed by atoms with E-state index in [4.69, 9.17) is 0 Å². The predicted molar refractivity (Wildman–Crippen MR) is 215 cm³/mol. The van der Waals surface area contributed by atoms with Crippen LogP contribution in [0.4, 0.5) is 0 Å². The quantitative estimate of drug-likeness (QED) is 0.176. The maximum Gasteiger partial charge on any atom is 0.0340 e. The Bertz CT molecular complexity index is 1990. The van der Waals surface area contributed by atoms with Crippen LogP contribution in [0.2, 0.25) is 0 Å². The summed E-state index contributed by atoms with van der Waals surface area (Å²) in [5, 5.41) is 0. The van der Waals surface area contributed by atoms with Gasteiger partial charge < -0.3 is 0 Å². The fraction of sp³-hybridized carbons (Fsp3) is 0.0769. The van der Waals surface area contributed by atoms with Gasteiger partial charge in [0.15, 0.2) is 0 Å². The monoisotopic (exact) mass is 664 g/mol. The second-order valence-electron chi connectivity index (χ2n) is 14.1. The van der Waals surface area contributed by atoms with Crippen molar-refractivity contribution in [3.63, 3.8) is 0 Å². The van der Waals surface area contributed by atoms with Gasteiger partial charge in [-0.3, -0.25) is 0 Å². The van der Waals surface area contributed by atoms with Crippen LogP contribution >= 0.6 is 0 Å². The van der Waals surface area contributed by atoms with Crippen LogP contribution in [0.5, 0.6) is 0 Å². The van der Waals surface area contributed by atoms with Crippen molar-refractivity contribution in [2.24, 2.45) is 0 Å². The lowest BCUT2D eigenvalue weighted by molar-refractivity contribution is 0.905. The van der Waals surface area contributed by atoms with Crippen LogP contribution in [0, 0.1) is 0 Å². The van der Waals surface area contributed by atoms with Gasteiger partial charge in [-0.25, -0.2) is 0 Å². The van der Waals surface area contributed by atoms with Crippen molar-refractivity contribution in [2.45, 2.75) is 23.7 Å². The number of fused-ring (bicyclic) bond motifs is 8. The molecule has 0 aromatic heterocycles. The summed E-state index contributed by atoms with van der Waals surface area (Å²) in [5.74, 6) is 0.285. The van der Waals surface area contributed by atoms with Crippen molar-refractivity contribution in [1.82, 2.24) is 0 Å². The first-order chi connectivity index (χ1) is 25.8. The van der Waals surface area contributed by atoms with Crippen LogP contribution in [0.15, 0.2) is 218 Å².